The highest BCUT2D eigenvalue weighted by atomic mass is 19.4. The van der Waals surface area contributed by atoms with E-state index in [1.807, 2.05) is 0 Å². The highest BCUT2D eigenvalue weighted by molar-refractivity contribution is 5.95. The molecule has 0 heterocycles. The smallest absolute Gasteiger partial charge is 0.350 e. The maximum absolute atomic E-state index is 12.9. The maximum Gasteiger partial charge on any atom is 0.419 e. The minimum atomic E-state index is -4.92. The molecular formula is C9H7F4N3O2. The molecule has 1 aromatic rings. The molecule has 98 valence electrons. The lowest BCUT2D eigenvalue weighted by atomic mass is 10.1. The van der Waals surface area contributed by atoms with Gasteiger partial charge in [-0.1, -0.05) is 0 Å². The molecule has 4 N–H and O–H groups in total. The third-order valence-corrected chi connectivity index (χ3v) is 1.83. The fourth-order valence-electron chi connectivity index (χ4n) is 1.07. The van der Waals surface area contributed by atoms with Gasteiger partial charge in [-0.15, -0.1) is 0 Å². The van der Waals surface area contributed by atoms with Crippen LogP contribution in [0, 0.1) is 5.82 Å². The standard InChI is InChI=1S/C9H7F4N3O2/c10-6-2-1-4(3-5(6)9(11,12)13)7(17)15-16-8(14)18/h1-3H,(H,15,17)(H3,14,16,18). The number of halogens is 4. The first-order valence-corrected chi connectivity index (χ1v) is 4.44. The summed E-state index contributed by atoms with van der Waals surface area (Å²) in [7, 11) is 0. The van der Waals surface area contributed by atoms with Crippen molar-refractivity contribution < 1.29 is 27.2 Å². The lowest BCUT2D eigenvalue weighted by Gasteiger charge is -2.10. The number of hydrogen-bond donors (Lipinski definition) is 3. The van der Waals surface area contributed by atoms with Crippen LogP contribution in [-0.2, 0) is 6.18 Å². The molecule has 1 rings (SSSR count). The number of nitrogens with two attached hydrogens (primary N) is 1. The number of benzene rings is 1. The van der Waals surface area contributed by atoms with Gasteiger partial charge in [0.25, 0.3) is 5.91 Å². The Bertz CT molecular complexity index is 487. The van der Waals surface area contributed by atoms with Crippen LogP contribution in [0.3, 0.4) is 0 Å². The number of urea groups is 1. The average molecular weight is 265 g/mol. The number of nitrogens with one attached hydrogen (secondary N) is 2. The van der Waals surface area contributed by atoms with Gasteiger partial charge in [0.1, 0.15) is 5.82 Å². The summed E-state index contributed by atoms with van der Waals surface area (Å²) in [5.41, 5.74) is 6.01. The Hall–Kier alpha value is -2.32. The minimum absolute atomic E-state index is 0.327. The molecule has 0 bridgehead atoms. The molecule has 0 aliphatic rings. The van der Waals surface area contributed by atoms with Crippen molar-refractivity contribution in [3.8, 4) is 0 Å². The third-order valence-electron chi connectivity index (χ3n) is 1.83. The second-order valence-corrected chi connectivity index (χ2v) is 3.14. The Labute approximate surface area is 97.9 Å². The van der Waals surface area contributed by atoms with Crippen LogP contribution in [0.4, 0.5) is 22.4 Å². The Morgan fingerprint density at radius 1 is 1.17 bits per heavy atom. The van der Waals surface area contributed by atoms with Crippen LogP contribution in [-0.4, -0.2) is 11.9 Å². The molecule has 0 saturated carbocycles. The number of amides is 3. The summed E-state index contributed by atoms with van der Waals surface area (Å²) in [5.74, 6) is -2.55. The molecule has 0 unspecified atom stereocenters. The van der Waals surface area contributed by atoms with E-state index in [2.05, 4.69) is 5.73 Å². The lowest BCUT2D eigenvalue weighted by molar-refractivity contribution is -0.140. The van der Waals surface area contributed by atoms with E-state index < -0.39 is 35.1 Å². The Kier molecular flexibility index (Phi) is 3.74. The first kappa shape index (κ1) is 13.7. The number of carbonyl (C=O) groups is 2. The molecule has 0 atom stereocenters. The van der Waals surface area contributed by atoms with Crippen molar-refractivity contribution in [3.05, 3.63) is 35.1 Å². The summed E-state index contributed by atoms with van der Waals surface area (Å²) in [6, 6.07) is 0.569. The molecule has 3 amide bonds. The van der Waals surface area contributed by atoms with E-state index in [9.17, 15) is 27.2 Å². The molecule has 1 aromatic carbocycles. The number of alkyl halides is 3. The topological polar surface area (TPSA) is 84.2 Å². The molecule has 0 spiro atoms. The van der Waals surface area contributed by atoms with Crippen LogP contribution in [0.25, 0.3) is 0 Å². The quantitative estimate of drug-likeness (QED) is 0.525. The number of primary amides is 1. The van der Waals surface area contributed by atoms with E-state index in [4.69, 9.17) is 0 Å². The molecule has 0 fully saturated rings. The molecule has 0 radical (unpaired) electrons. The summed E-state index contributed by atoms with van der Waals surface area (Å²) >= 11 is 0. The molecule has 0 aliphatic carbocycles. The summed E-state index contributed by atoms with van der Waals surface area (Å²) in [5, 5.41) is 0. The van der Waals surface area contributed by atoms with Gasteiger partial charge in [-0.2, -0.15) is 13.2 Å². The van der Waals surface area contributed by atoms with Gasteiger partial charge in [0.05, 0.1) is 5.56 Å². The van der Waals surface area contributed by atoms with E-state index in [-0.39, 0.29) is 0 Å². The van der Waals surface area contributed by atoms with Crippen molar-refractivity contribution in [1.82, 2.24) is 10.9 Å². The number of carbonyl (C=O) groups excluding carboxylic acids is 2. The van der Waals surface area contributed by atoms with E-state index in [0.717, 1.165) is 6.07 Å². The van der Waals surface area contributed by atoms with Crippen LogP contribution >= 0.6 is 0 Å². The Morgan fingerprint density at radius 3 is 2.28 bits per heavy atom. The number of hydrogen-bond acceptors (Lipinski definition) is 2. The zero-order chi connectivity index (χ0) is 13.9. The van der Waals surface area contributed by atoms with Crippen molar-refractivity contribution in [1.29, 1.82) is 0 Å². The average Bonchev–Trinajstić information content (AvgIpc) is 2.24. The Morgan fingerprint density at radius 2 is 1.78 bits per heavy atom. The van der Waals surface area contributed by atoms with E-state index in [0.29, 0.717) is 12.1 Å². The molecule has 0 saturated heterocycles. The van der Waals surface area contributed by atoms with Gasteiger partial charge in [0.15, 0.2) is 0 Å². The largest absolute Gasteiger partial charge is 0.419 e. The van der Waals surface area contributed by atoms with Crippen molar-refractivity contribution >= 4 is 11.9 Å². The van der Waals surface area contributed by atoms with Gasteiger partial charge in [-0.3, -0.25) is 10.2 Å². The predicted molar refractivity (Wildman–Crippen MR) is 51.6 cm³/mol. The second-order valence-electron chi connectivity index (χ2n) is 3.14. The zero-order valence-corrected chi connectivity index (χ0v) is 8.64. The summed E-state index contributed by atoms with van der Waals surface area (Å²) in [4.78, 5) is 21.5. The van der Waals surface area contributed by atoms with Gasteiger partial charge in [0.2, 0.25) is 0 Å². The van der Waals surface area contributed by atoms with E-state index >= 15 is 0 Å². The number of hydrazine groups is 1. The van der Waals surface area contributed by atoms with Crippen LogP contribution in [0.1, 0.15) is 15.9 Å². The van der Waals surface area contributed by atoms with Crippen LogP contribution in [0.15, 0.2) is 18.2 Å². The van der Waals surface area contributed by atoms with Gasteiger partial charge < -0.3 is 5.73 Å². The molecular weight excluding hydrogens is 258 g/mol. The highest BCUT2D eigenvalue weighted by Gasteiger charge is 2.34. The molecule has 0 aliphatic heterocycles. The van der Waals surface area contributed by atoms with Crippen LogP contribution < -0.4 is 16.6 Å². The van der Waals surface area contributed by atoms with Crippen molar-refractivity contribution in [3.63, 3.8) is 0 Å². The molecule has 0 aromatic heterocycles. The summed E-state index contributed by atoms with van der Waals surface area (Å²) < 4.78 is 49.9. The first-order chi connectivity index (χ1) is 8.21. The first-order valence-electron chi connectivity index (χ1n) is 4.44. The van der Waals surface area contributed by atoms with Gasteiger partial charge >= 0.3 is 12.2 Å². The maximum atomic E-state index is 12.9. The summed E-state index contributed by atoms with van der Waals surface area (Å²) in [6.45, 7) is 0. The van der Waals surface area contributed by atoms with Crippen molar-refractivity contribution in [2.45, 2.75) is 6.18 Å². The molecule has 5 nitrogen and oxygen atoms in total. The molecule has 18 heavy (non-hydrogen) atoms. The monoisotopic (exact) mass is 265 g/mol. The van der Waals surface area contributed by atoms with Crippen LogP contribution in [0.2, 0.25) is 0 Å². The minimum Gasteiger partial charge on any atom is -0.350 e. The number of rotatable bonds is 1. The zero-order valence-electron chi connectivity index (χ0n) is 8.64. The SMILES string of the molecule is NC(=O)NNC(=O)c1ccc(F)c(C(F)(F)F)c1. The lowest BCUT2D eigenvalue weighted by Crippen LogP contribution is -2.44. The highest BCUT2D eigenvalue weighted by Crippen LogP contribution is 2.31. The fraction of sp³-hybridized carbons (Fsp3) is 0.111. The van der Waals surface area contributed by atoms with Crippen LogP contribution in [0.5, 0.6) is 0 Å². The normalized spacial score (nSPS) is 10.9. The fourth-order valence-corrected chi connectivity index (χ4v) is 1.07. The van der Waals surface area contributed by atoms with E-state index in [1.165, 1.54) is 0 Å². The molecule has 9 heteroatoms. The van der Waals surface area contributed by atoms with E-state index in [1.54, 1.807) is 10.9 Å². The second kappa shape index (κ2) is 4.90. The van der Waals surface area contributed by atoms with Crippen molar-refractivity contribution in [2.75, 3.05) is 0 Å². The van der Waals surface area contributed by atoms with Gasteiger partial charge in [-0.05, 0) is 18.2 Å². The van der Waals surface area contributed by atoms with Gasteiger partial charge in [0, 0.05) is 5.56 Å². The van der Waals surface area contributed by atoms with Gasteiger partial charge in [-0.25, -0.2) is 14.6 Å². The Balaban J connectivity index is 2.98. The third kappa shape index (κ3) is 3.34. The van der Waals surface area contributed by atoms with Crippen molar-refractivity contribution in [2.24, 2.45) is 5.73 Å². The predicted octanol–water partition coefficient (Wildman–Crippen LogP) is 1.16. The summed E-state index contributed by atoms with van der Waals surface area (Å²) in [6.07, 6.45) is -4.92.